The largest absolute Gasteiger partial charge is 0.481 e. The second-order valence-corrected chi connectivity index (χ2v) is 5.96. The Morgan fingerprint density at radius 1 is 1.25 bits per heavy atom. The molecule has 2 atom stereocenters. The fourth-order valence-electron chi connectivity index (χ4n) is 2.62. The lowest BCUT2D eigenvalue weighted by Crippen LogP contribution is -2.50. The summed E-state index contributed by atoms with van der Waals surface area (Å²) < 4.78 is 0. The molecule has 0 bridgehead atoms. The third-order valence-electron chi connectivity index (χ3n) is 3.90. The van der Waals surface area contributed by atoms with Gasteiger partial charge in [-0.3, -0.25) is 4.79 Å². The molecule has 0 aromatic carbocycles. The topological polar surface area (TPSA) is 64.1 Å². The highest BCUT2D eigenvalue weighted by atomic mass is 16.4. The van der Waals surface area contributed by atoms with Crippen molar-refractivity contribution in [3.05, 3.63) is 0 Å². The van der Waals surface area contributed by atoms with Crippen LogP contribution in [0.5, 0.6) is 0 Å². The first-order valence-corrected chi connectivity index (χ1v) is 7.22. The number of carbonyl (C=O) groups excluding carboxylic acids is 1. The molecule has 2 amide bonds. The molecule has 0 radical (unpaired) electrons. The van der Waals surface area contributed by atoms with E-state index >= 15 is 0 Å². The molecule has 1 heterocycles. The third-order valence-corrected chi connectivity index (χ3v) is 3.90. The zero-order chi connectivity index (χ0) is 15.3. The molecule has 1 rings (SSSR count). The van der Waals surface area contributed by atoms with Crippen molar-refractivity contribution in [2.75, 3.05) is 40.8 Å². The summed E-state index contributed by atoms with van der Waals surface area (Å²) in [6.45, 7) is 4.15. The lowest BCUT2D eigenvalue weighted by Gasteiger charge is -2.38. The number of urea groups is 1. The number of likely N-dealkylation sites (tertiary alicyclic amines) is 1. The minimum atomic E-state index is -0.747. The van der Waals surface area contributed by atoms with Gasteiger partial charge >= 0.3 is 12.0 Å². The fraction of sp³-hybridized carbons (Fsp3) is 0.857. The summed E-state index contributed by atoms with van der Waals surface area (Å²) in [6.07, 6.45) is 2.04. The molecule has 1 fully saturated rings. The van der Waals surface area contributed by atoms with Gasteiger partial charge in [0.15, 0.2) is 0 Å². The molecule has 1 aliphatic rings. The summed E-state index contributed by atoms with van der Waals surface area (Å²) in [7, 11) is 5.84. The van der Waals surface area contributed by atoms with Crippen LogP contribution in [0.25, 0.3) is 0 Å². The average molecular weight is 285 g/mol. The Morgan fingerprint density at radius 2 is 1.90 bits per heavy atom. The molecule has 1 aliphatic heterocycles. The van der Waals surface area contributed by atoms with Gasteiger partial charge in [-0.2, -0.15) is 0 Å². The molecular formula is C14H27N3O3. The maximum Gasteiger partial charge on any atom is 0.319 e. The molecular weight excluding hydrogens is 258 g/mol. The molecule has 0 aromatic heterocycles. The summed E-state index contributed by atoms with van der Waals surface area (Å²) >= 11 is 0. The SMILES string of the molecule is CC1CC(C(=O)O)CCN1C(=O)N(C)CCCN(C)C. The summed E-state index contributed by atoms with van der Waals surface area (Å²) in [5.41, 5.74) is 0. The number of aliphatic carboxylic acids is 1. The second-order valence-electron chi connectivity index (χ2n) is 5.96. The number of hydrogen-bond donors (Lipinski definition) is 1. The zero-order valence-corrected chi connectivity index (χ0v) is 13.0. The van der Waals surface area contributed by atoms with Crippen LogP contribution in [0.4, 0.5) is 4.79 Å². The van der Waals surface area contributed by atoms with Crippen LogP contribution in [0, 0.1) is 5.92 Å². The van der Waals surface area contributed by atoms with Crippen molar-refractivity contribution in [2.45, 2.75) is 32.2 Å². The van der Waals surface area contributed by atoms with Crippen molar-refractivity contribution in [2.24, 2.45) is 5.92 Å². The molecule has 6 nitrogen and oxygen atoms in total. The zero-order valence-electron chi connectivity index (χ0n) is 13.0. The summed E-state index contributed by atoms with van der Waals surface area (Å²) in [4.78, 5) is 29.0. The van der Waals surface area contributed by atoms with Gasteiger partial charge in [-0.15, -0.1) is 0 Å². The van der Waals surface area contributed by atoms with Crippen LogP contribution in [0.15, 0.2) is 0 Å². The predicted octanol–water partition coefficient (Wildman–Crippen LogP) is 1.18. The Hall–Kier alpha value is -1.30. The fourth-order valence-corrected chi connectivity index (χ4v) is 2.62. The first kappa shape index (κ1) is 16.8. The van der Waals surface area contributed by atoms with Crippen LogP contribution in [0.2, 0.25) is 0 Å². The van der Waals surface area contributed by atoms with Crippen molar-refractivity contribution in [3.63, 3.8) is 0 Å². The number of carboxylic acids is 1. The van der Waals surface area contributed by atoms with Crippen LogP contribution in [0.3, 0.4) is 0 Å². The first-order chi connectivity index (χ1) is 9.32. The molecule has 0 aromatic rings. The molecule has 0 saturated carbocycles. The Balaban J connectivity index is 2.45. The molecule has 116 valence electrons. The average Bonchev–Trinajstić information content (AvgIpc) is 2.37. The minimum Gasteiger partial charge on any atom is -0.481 e. The lowest BCUT2D eigenvalue weighted by atomic mass is 9.92. The lowest BCUT2D eigenvalue weighted by molar-refractivity contribution is -0.143. The normalized spacial score (nSPS) is 22.9. The highest BCUT2D eigenvalue weighted by Gasteiger charge is 2.33. The number of rotatable bonds is 5. The van der Waals surface area contributed by atoms with Crippen molar-refractivity contribution in [1.29, 1.82) is 0 Å². The van der Waals surface area contributed by atoms with Crippen LogP contribution in [-0.2, 0) is 4.79 Å². The molecule has 6 heteroatoms. The van der Waals surface area contributed by atoms with Crippen molar-refractivity contribution in [3.8, 4) is 0 Å². The standard InChI is InChI=1S/C14H27N3O3/c1-11-10-12(13(18)19)6-9-17(11)14(20)16(4)8-5-7-15(2)3/h11-12H,5-10H2,1-4H3,(H,18,19). The van der Waals surface area contributed by atoms with E-state index in [4.69, 9.17) is 5.11 Å². The van der Waals surface area contributed by atoms with Gasteiger partial charge in [0, 0.05) is 26.2 Å². The van der Waals surface area contributed by atoms with Crippen molar-refractivity contribution in [1.82, 2.24) is 14.7 Å². The highest BCUT2D eigenvalue weighted by molar-refractivity contribution is 5.75. The van der Waals surface area contributed by atoms with E-state index in [0.29, 0.717) is 19.4 Å². The van der Waals surface area contributed by atoms with E-state index < -0.39 is 5.97 Å². The monoisotopic (exact) mass is 285 g/mol. The Kier molecular flexibility index (Phi) is 6.26. The summed E-state index contributed by atoms with van der Waals surface area (Å²) in [5.74, 6) is -1.06. The number of carboxylic acid groups (broad SMARTS) is 1. The minimum absolute atomic E-state index is 0.00588. The number of piperidine rings is 1. The van der Waals surface area contributed by atoms with Crippen molar-refractivity contribution >= 4 is 12.0 Å². The van der Waals surface area contributed by atoms with Crippen molar-refractivity contribution < 1.29 is 14.7 Å². The Morgan fingerprint density at radius 3 is 2.40 bits per heavy atom. The maximum atomic E-state index is 12.4. The van der Waals surface area contributed by atoms with E-state index in [1.807, 2.05) is 28.1 Å². The van der Waals surface area contributed by atoms with Gasteiger partial charge in [0.05, 0.1) is 5.92 Å². The van der Waals surface area contributed by atoms with Gasteiger partial charge in [-0.25, -0.2) is 4.79 Å². The van der Waals surface area contributed by atoms with Gasteiger partial charge in [-0.05, 0) is 46.8 Å². The third kappa shape index (κ3) is 4.67. The quantitative estimate of drug-likeness (QED) is 0.823. The second kappa shape index (κ2) is 7.47. The first-order valence-electron chi connectivity index (χ1n) is 7.22. The van der Waals surface area contributed by atoms with Gasteiger partial charge in [0.25, 0.3) is 0 Å². The molecule has 2 unspecified atom stereocenters. The summed E-state index contributed by atoms with van der Waals surface area (Å²) in [6, 6.07) is 0.00810. The maximum absolute atomic E-state index is 12.4. The van der Waals surface area contributed by atoms with Crippen LogP contribution < -0.4 is 0 Å². The Bertz CT molecular complexity index is 347. The highest BCUT2D eigenvalue weighted by Crippen LogP contribution is 2.23. The predicted molar refractivity (Wildman–Crippen MR) is 77.7 cm³/mol. The van der Waals surface area contributed by atoms with E-state index in [0.717, 1.165) is 19.5 Å². The molecule has 1 saturated heterocycles. The van der Waals surface area contributed by atoms with Crippen LogP contribution in [0.1, 0.15) is 26.2 Å². The Labute approximate surface area is 121 Å². The van der Waals surface area contributed by atoms with Gasteiger partial charge in [0.2, 0.25) is 0 Å². The summed E-state index contributed by atoms with van der Waals surface area (Å²) in [5, 5.41) is 9.04. The van der Waals surface area contributed by atoms with E-state index in [1.54, 1.807) is 9.80 Å². The smallest absolute Gasteiger partial charge is 0.319 e. The van der Waals surface area contributed by atoms with E-state index in [9.17, 15) is 9.59 Å². The number of nitrogens with zero attached hydrogens (tertiary/aromatic N) is 3. The number of hydrogen-bond acceptors (Lipinski definition) is 3. The van der Waals surface area contributed by atoms with E-state index in [1.165, 1.54) is 0 Å². The molecule has 0 spiro atoms. The number of carbonyl (C=O) groups is 2. The molecule has 1 N–H and O–H groups in total. The van der Waals surface area contributed by atoms with Gasteiger partial charge < -0.3 is 19.8 Å². The van der Waals surface area contributed by atoms with Gasteiger partial charge in [0.1, 0.15) is 0 Å². The van der Waals surface area contributed by atoms with E-state index in [-0.39, 0.29) is 18.0 Å². The van der Waals surface area contributed by atoms with Gasteiger partial charge in [-0.1, -0.05) is 0 Å². The molecule has 0 aliphatic carbocycles. The number of amides is 2. The molecule has 20 heavy (non-hydrogen) atoms. The van der Waals surface area contributed by atoms with Crippen LogP contribution >= 0.6 is 0 Å². The van der Waals surface area contributed by atoms with E-state index in [2.05, 4.69) is 4.90 Å². The van der Waals surface area contributed by atoms with Crippen LogP contribution in [-0.4, -0.2) is 78.6 Å².